The molecule has 1 aliphatic rings. The Kier molecular flexibility index (Phi) is 3.70. The van der Waals surface area contributed by atoms with Crippen molar-refractivity contribution in [2.75, 3.05) is 0 Å². The minimum absolute atomic E-state index is 0.666. The lowest BCUT2D eigenvalue weighted by Crippen LogP contribution is -2.04. The second kappa shape index (κ2) is 5.70. The molecule has 0 saturated heterocycles. The largest absolute Gasteiger partial charge is 0.277 e. The van der Waals surface area contributed by atoms with Gasteiger partial charge in [-0.15, -0.1) is 11.3 Å². The highest BCUT2D eigenvalue weighted by atomic mass is 32.1. The van der Waals surface area contributed by atoms with E-state index in [1.54, 1.807) is 11.3 Å². The molecule has 5 heteroatoms. The number of aromatic nitrogens is 3. The Balaban J connectivity index is 1.83. The normalized spacial score (nSPS) is 16.5. The minimum atomic E-state index is 0.666. The Morgan fingerprint density at radius 2 is 2.09 bits per heavy atom. The van der Waals surface area contributed by atoms with Crippen molar-refractivity contribution in [3.8, 4) is 11.3 Å². The monoisotopic (exact) mass is 329 g/mol. The summed E-state index contributed by atoms with van der Waals surface area (Å²) in [7, 11) is 0. The van der Waals surface area contributed by atoms with Crippen LogP contribution in [-0.4, -0.2) is 13.9 Å². The second-order valence-electron chi connectivity index (χ2n) is 6.11. The van der Waals surface area contributed by atoms with Crippen LogP contribution in [0.2, 0.25) is 0 Å². The molecule has 0 spiro atoms. The average molecular weight is 329 g/mol. The molecule has 3 aromatic rings. The van der Waals surface area contributed by atoms with Crippen LogP contribution in [0.3, 0.4) is 0 Å². The van der Waals surface area contributed by atoms with Crippen molar-refractivity contribution in [3.63, 3.8) is 0 Å². The number of thiazole rings is 1. The van der Waals surface area contributed by atoms with E-state index in [0.717, 1.165) is 21.9 Å². The number of hydrogen-bond acceptors (Lipinski definition) is 4. The smallest absolute Gasteiger partial charge is 0.150 e. The van der Waals surface area contributed by atoms with Crippen molar-refractivity contribution >= 4 is 35.2 Å². The SMILES string of the molecule is Cc1nc(-c2cn(S)c3ncc(C4CCCCC4)cc23)cs1. The lowest BCUT2D eigenvalue weighted by atomic mass is 9.84. The van der Waals surface area contributed by atoms with E-state index in [2.05, 4.69) is 34.2 Å². The number of hydrogen-bond donors (Lipinski definition) is 1. The third-order valence-corrected chi connectivity index (χ3v) is 5.70. The van der Waals surface area contributed by atoms with Crippen molar-refractivity contribution in [2.24, 2.45) is 0 Å². The average Bonchev–Trinajstić information content (AvgIpc) is 3.12. The number of nitrogens with zero attached hydrogens (tertiary/aromatic N) is 3. The van der Waals surface area contributed by atoms with Gasteiger partial charge in [-0.25, -0.2) is 9.97 Å². The number of rotatable bonds is 2. The van der Waals surface area contributed by atoms with Crippen LogP contribution in [0.25, 0.3) is 22.3 Å². The first-order valence-corrected chi connectivity index (χ1v) is 9.13. The quantitative estimate of drug-likeness (QED) is 0.654. The molecule has 3 nitrogen and oxygen atoms in total. The molecule has 0 aliphatic heterocycles. The molecular weight excluding hydrogens is 310 g/mol. The minimum Gasteiger partial charge on any atom is -0.277 e. The molecule has 0 N–H and O–H groups in total. The Labute approximate surface area is 140 Å². The zero-order chi connectivity index (χ0) is 15.1. The summed E-state index contributed by atoms with van der Waals surface area (Å²) in [6, 6.07) is 2.31. The maximum Gasteiger partial charge on any atom is 0.150 e. The first-order chi connectivity index (χ1) is 10.7. The molecule has 3 heterocycles. The third-order valence-electron chi connectivity index (χ3n) is 4.62. The molecule has 0 aromatic carbocycles. The van der Waals surface area contributed by atoms with Crippen LogP contribution in [0.15, 0.2) is 23.8 Å². The van der Waals surface area contributed by atoms with Gasteiger partial charge < -0.3 is 0 Å². The number of pyridine rings is 1. The fourth-order valence-corrected chi connectivity index (χ4v) is 4.35. The van der Waals surface area contributed by atoms with Gasteiger partial charge in [0.15, 0.2) is 0 Å². The van der Waals surface area contributed by atoms with Crippen LogP contribution in [-0.2, 0) is 0 Å². The summed E-state index contributed by atoms with van der Waals surface area (Å²) in [5.74, 6) is 0.666. The van der Waals surface area contributed by atoms with Crippen LogP contribution < -0.4 is 0 Å². The molecule has 114 valence electrons. The van der Waals surface area contributed by atoms with E-state index in [9.17, 15) is 0 Å². The summed E-state index contributed by atoms with van der Waals surface area (Å²) in [6.07, 6.45) is 10.7. The van der Waals surface area contributed by atoms with E-state index in [1.165, 1.54) is 43.1 Å². The van der Waals surface area contributed by atoms with Crippen LogP contribution in [0.5, 0.6) is 0 Å². The van der Waals surface area contributed by atoms with Crippen LogP contribution >= 0.6 is 24.2 Å². The van der Waals surface area contributed by atoms with Gasteiger partial charge in [0.1, 0.15) is 5.65 Å². The summed E-state index contributed by atoms with van der Waals surface area (Å²) in [5, 5.41) is 4.38. The molecule has 0 radical (unpaired) electrons. The van der Waals surface area contributed by atoms with Gasteiger partial charge in [-0.3, -0.25) is 3.97 Å². The first-order valence-electron chi connectivity index (χ1n) is 7.85. The predicted molar refractivity (Wildman–Crippen MR) is 95.8 cm³/mol. The Hall–Kier alpha value is -1.33. The van der Waals surface area contributed by atoms with Gasteiger partial charge in [-0.2, -0.15) is 0 Å². The van der Waals surface area contributed by atoms with Gasteiger partial charge in [-0.05, 0) is 37.3 Å². The molecule has 22 heavy (non-hydrogen) atoms. The molecule has 1 saturated carbocycles. The lowest BCUT2D eigenvalue weighted by molar-refractivity contribution is 0.443. The fourth-order valence-electron chi connectivity index (χ4n) is 3.46. The molecule has 3 aromatic heterocycles. The van der Waals surface area contributed by atoms with E-state index >= 15 is 0 Å². The number of aryl methyl sites for hydroxylation is 1. The number of fused-ring (bicyclic) bond motifs is 1. The predicted octanol–water partition coefficient (Wildman–Crippen LogP) is 5.21. The zero-order valence-corrected chi connectivity index (χ0v) is 14.3. The van der Waals surface area contributed by atoms with E-state index in [0.29, 0.717) is 5.92 Å². The van der Waals surface area contributed by atoms with Crippen molar-refractivity contribution in [1.29, 1.82) is 0 Å². The summed E-state index contributed by atoms with van der Waals surface area (Å²) >= 11 is 6.20. The summed E-state index contributed by atoms with van der Waals surface area (Å²) in [6.45, 7) is 2.04. The maximum absolute atomic E-state index is 4.67. The molecule has 1 aliphatic carbocycles. The number of thiol groups is 1. The fraction of sp³-hybridized carbons (Fsp3) is 0.412. The Morgan fingerprint density at radius 3 is 2.82 bits per heavy atom. The highest BCUT2D eigenvalue weighted by Crippen LogP contribution is 2.36. The molecule has 4 rings (SSSR count). The maximum atomic E-state index is 4.67. The molecular formula is C17H19N3S2. The van der Waals surface area contributed by atoms with E-state index in [4.69, 9.17) is 0 Å². The summed E-state index contributed by atoms with van der Waals surface area (Å²) in [5.41, 5.74) is 4.46. The Bertz CT molecular complexity index is 813. The lowest BCUT2D eigenvalue weighted by Gasteiger charge is -2.21. The van der Waals surface area contributed by atoms with Gasteiger partial charge >= 0.3 is 0 Å². The summed E-state index contributed by atoms with van der Waals surface area (Å²) in [4.78, 5) is 9.30. The van der Waals surface area contributed by atoms with Gasteiger partial charge in [0.25, 0.3) is 0 Å². The highest BCUT2D eigenvalue weighted by molar-refractivity contribution is 7.78. The van der Waals surface area contributed by atoms with Crippen LogP contribution in [0.4, 0.5) is 0 Å². The van der Waals surface area contributed by atoms with Crippen molar-refractivity contribution in [1.82, 2.24) is 13.9 Å². The van der Waals surface area contributed by atoms with Crippen LogP contribution in [0.1, 0.15) is 48.6 Å². The van der Waals surface area contributed by atoms with Crippen molar-refractivity contribution < 1.29 is 0 Å². The highest BCUT2D eigenvalue weighted by Gasteiger charge is 2.19. The molecule has 1 fully saturated rings. The topological polar surface area (TPSA) is 30.7 Å². The first kappa shape index (κ1) is 14.3. The van der Waals surface area contributed by atoms with E-state index in [1.807, 2.05) is 23.3 Å². The van der Waals surface area contributed by atoms with Crippen molar-refractivity contribution in [2.45, 2.75) is 44.9 Å². The molecule has 0 atom stereocenters. The second-order valence-corrected chi connectivity index (χ2v) is 7.61. The van der Waals surface area contributed by atoms with Crippen molar-refractivity contribution in [3.05, 3.63) is 34.4 Å². The molecule has 0 bridgehead atoms. The summed E-state index contributed by atoms with van der Waals surface area (Å²) < 4.78 is 1.81. The standard InChI is InChI=1S/C17H19N3S2/c1-11-19-16(10-22-11)15-9-20(21)17-14(15)7-13(8-18-17)12-5-3-2-4-6-12/h7-10,12,21H,2-6H2,1H3. The van der Waals surface area contributed by atoms with E-state index < -0.39 is 0 Å². The zero-order valence-electron chi connectivity index (χ0n) is 12.6. The van der Waals surface area contributed by atoms with Gasteiger partial charge in [-0.1, -0.05) is 32.1 Å². The Morgan fingerprint density at radius 1 is 1.27 bits per heavy atom. The molecule has 0 unspecified atom stereocenters. The third kappa shape index (κ3) is 2.46. The molecule has 0 amide bonds. The van der Waals surface area contributed by atoms with E-state index in [-0.39, 0.29) is 0 Å². The van der Waals surface area contributed by atoms with Gasteiger partial charge in [0.2, 0.25) is 0 Å². The van der Waals surface area contributed by atoms with Crippen LogP contribution in [0, 0.1) is 6.92 Å². The van der Waals surface area contributed by atoms with Gasteiger partial charge in [0.05, 0.1) is 10.7 Å². The van der Waals surface area contributed by atoms with Gasteiger partial charge in [0, 0.05) is 28.7 Å².